The summed E-state index contributed by atoms with van der Waals surface area (Å²) in [6.45, 7) is 3.18. The minimum atomic E-state index is -0.511. The smallest absolute Gasteiger partial charge is 0.327 e. The quantitative estimate of drug-likeness (QED) is 0.804. The Morgan fingerprint density at radius 1 is 1.40 bits per heavy atom. The third kappa shape index (κ3) is 3.21. The van der Waals surface area contributed by atoms with Gasteiger partial charge in [0.1, 0.15) is 18.2 Å². The van der Waals surface area contributed by atoms with Gasteiger partial charge in [0.05, 0.1) is 13.7 Å². The van der Waals surface area contributed by atoms with Gasteiger partial charge in [0.25, 0.3) is 0 Å². The molecule has 1 aromatic heterocycles. The Balaban J connectivity index is 2.11. The number of nitrogens with zero attached hydrogens (tertiary/aromatic N) is 3. The molecule has 6 heteroatoms. The van der Waals surface area contributed by atoms with Crippen molar-refractivity contribution in [1.82, 2.24) is 20.1 Å². The molecule has 1 heterocycles. The topological polar surface area (TPSA) is 69.0 Å². The molecule has 20 heavy (non-hydrogen) atoms. The van der Waals surface area contributed by atoms with E-state index in [4.69, 9.17) is 4.74 Å². The van der Waals surface area contributed by atoms with Crippen molar-refractivity contribution in [2.24, 2.45) is 0 Å². The molecule has 0 fully saturated rings. The van der Waals surface area contributed by atoms with Crippen molar-refractivity contribution in [3.63, 3.8) is 0 Å². The van der Waals surface area contributed by atoms with E-state index in [2.05, 4.69) is 15.4 Å². The zero-order valence-electron chi connectivity index (χ0n) is 11.6. The first-order valence-electron chi connectivity index (χ1n) is 6.49. The van der Waals surface area contributed by atoms with Crippen LogP contribution in [0.1, 0.15) is 24.4 Å². The molecular formula is C14H18N4O2. The highest BCUT2D eigenvalue weighted by atomic mass is 16.5. The highest BCUT2D eigenvalue weighted by Gasteiger charge is 2.21. The number of ether oxygens (including phenoxy) is 1. The van der Waals surface area contributed by atoms with Crippen molar-refractivity contribution in [2.75, 3.05) is 7.11 Å². The maximum absolute atomic E-state index is 11.9. The maximum atomic E-state index is 11.9. The number of nitrogens with one attached hydrogen (secondary N) is 1. The summed E-state index contributed by atoms with van der Waals surface area (Å²) in [5, 5.41) is 7.27. The van der Waals surface area contributed by atoms with Crippen LogP contribution in [0.25, 0.3) is 0 Å². The number of aryl methyl sites for hydroxylation is 1. The van der Waals surface area contributed by atoms with Gasteiger partial charge in [0.15, 0.2) is 0 Å². The molecule has 6 nitrogen and oxygen atoms in total. The number of methoxy groups -OCH3 is 1. The Morgan fingerprint density at radius 2 is 2.15 bits per heavy atom. The Morgan fingerprint density at radius 3 is 2.80 bits per heavy atom. The van der Waals surface area contributed by atoms with E-state index >= 15 is 0 Å². The average molecular weight is 274 g/mol. The lowest BCUT2D eigenvalue weighted by Gasteiger charge is -2.16. The van der Waals surface area contributed by atoms with Crippen molar-refractivity contribution in [1.29, 1.82) is 0 Å². The van der Waals surface area contributed by atoms with Crippen molar-refractivity contribution in [3.05, 3.63) is 48.0 Å². The first kappa shape index (κ1) is 14.2. The summed E-state index contributed by atoms with van der Waals surface area (Å²) < 4.78 is 6.63. The fourth-order valence-electron chi connectivity index (χ4n) is 1.98. The Kier molecular flexibility index (Phi) is 4.84. The van der Waals surface area contributed by atoms with Gasteiger partial charge in [-0.15, -0.1) is 0 Å². The van der Waals surface area contributed by atoms with E-state index in [0.717, 1.165) is 17.9 Å². The molecule has 1 atom stereocenters. The van der Waals surface area contributed by atoms with Crippen LogP contribution in [-0.2, 0) is 22.6 Å². The number of carbonyl (C=O) groups is 1. The van der Waals surface area contributed by atoms with Gasteiger partial charge in [-0.3, -0.25) is 5.32 Å². The van der Waals surface area contributed by atoms with Crippen LogP contribution in [0.4, 0.5) is 0 Å². The van der Waals surface area contributed by atoms with Crippen LogP contribution in [0, 0.1) is 0 Å². The van der Waals surface area contributed by atoms with Gasteiger partial charge in [0, 0.05) is 6.54 Å². The van der Waals surface area contributed by atoms with E-state index in [0.29, 0.717) is 6.54 Å². The van der Waals surface area contributed by atoms with Crippen molar-refractivity contribution < 1.29 is 9.53 Å². The molecule has 0 spiro atoms. The highest BCUT2D eigenvalue weighted by Crippen LogP contribution is 2.14. The van der Waals surface area contributed by atoms with E-state index in [1.54, 1.807) is 4.68 Å². The van der Waals surface area contributed by atoms with Crippen LogP contribution < -0.4 is 5.32 Å². The SMILES string of the molecule is CCn1ncnc1CNC(C(=O)OC)c1ccccc1. The van der Waals surface area contributed by atoms with Crippen LogP contribution in [0.2, 0.25) is 0 Å². The second kappa shape index (κ2) is 6.81. The summed E-state index contributed by atoms with van der Waals surface area (Å²) in [6, 6.07) is 8.95. The summed E-state index contributed by atoms with van der Waals surface area (Å²) in [6.07, 6.45) is 1.51. The van der Waals surface area contributed by atoms with Gasteiger partial charge < -0.3 is 4.74 Å². The summed E-state index contributed by atoms with van der Waals surface area (Å²) in [5.41, 5.74) is 0.863. The molecule has 1 unspecified atom stereocenters. The fraction of sp³-hybridized carbons (Fsp3) is 0.357. The van der Waals surface area contributed by atoms with Gasteiger partial charge in [0.2, 0.25) is 0 Å². The van der Waals surface area contributed by atoms with Crippen molar-refractivity contribution in [2.45, 2.75) is 26.1 Å². The number of hydrogen-bond acceptors (Lipinski definition) is 5. The highest BCUT2D eigenvalue weighted by molar-refractivity contribution is 5.77. The molecule has 2 rings (SSSR count). The summed E-state index contributed by atoms with van der Waals surface area (Å²) >= 11 is 0. The molecule has 0 aliphatic heterocycles. The summed E-state index contributed by atoms with van der Waals surface area (Å²) in [4.78, 5) is 16.1. The van der Waals surface area contributed by atoms with E-state index < -0.39 is 6.04 Å². The molecule has 0 saturated carbocycles. The lowest BCUT2D eigenvalue weighted by Crippen LogP contribution is -2.30. The fourth-order valence-corrected chi connectivity index (χ4v) is 1.98. The van der Waals surface area contributed by atoms with Gasteiger partial charge in [-0.25, -0.2) is 14.5 Å². The largest absolute Gasteiger partial charge is 0.468 e. The Hall–Kier alpha value is -2.21. The lowest BCUT2D eigenvalue weighted by molar-refractivity contribution is -0.143. The van der Waals surface area contributed by atoms with Gasteiger partial charge in [-0.2, -0.15) is 5.10 Å². The van der Waals surface area contributed by atoms with Crippen LogP contribution >= 0.6 is 0 Å². The van der Waals surface area contributed by atoms with Crippen LogP contribution in [0.5, 0.6) is 0 Å². The molecule has 2 aromatic rings. The van der Waals surface area contributed by atoms with Crippen LogP contribution in [0.3, 0.4) is 0 Å². The number of benzene rings is 1. The number of rotatable bonds is 6. The molecule has 0 saturated heterocycles. The van der Waals surface area contributed by atoms with Gasteiger partial charge >= 0.3 is 5.97 Å². The zero-order chi connectivity index (χ0) is 14.4. The number of carbonyl (C=O) groups excluding carboxylic acids is 1. The van der Waals surface area contributed by atoms with E-state index in [9.17, 15) is 4.79 Å². The lowest BCUT2D eigenvalue weighted by atomic mass is 10.1. The molecule has 1 aromatic carbocycles. The van der Waals surface area contributed by atoms with E-state index in [-0.39, 0.29) is 5.97 Å². The maximum Gasteiger partial charge on any atom is 0.327 e. The van der Waals surface area contributed by atoms with E-state index in [1.165, 1.54) is 13.4 Å². The first-order chi connectivity index (χ1) is 9.76. The van der Waals surface area contributed by atoms with Crippen LogP contribution in [-0.4, -0.2) is 27.8 Å². The Labute approximate surface area is 117 Å². The monoisotopic (exact) mass is 274 g/mol. The molecular weight excluding hydrogens is 256 g/mol. The minimum Gasteiger partial charge on any atom is -0.468 e. The second-order valence-electron chi connectivity index (χ2n) is 4.24. The molecule has 106 valence electrons. The summed E-state index contributed by atoms with van der Waals surface area (Å²) in [5.74, 6) is 0.469. The predicted octanol–water partition coefficient (Wildman–Crippen LogP) is 1.30. The number of hydrogen-bond donors (Lipinski definition) is 1. The second-order valence-corrected chi connectivity index (χ2v) is 4.24. The molecule has 0 aliphatic rings. The average Bonchev–Trinajstić information content (AvgIpc) is 2.95. The standard InChI is InChI=1S/C14H18N4O2/c1-3-18-12(16-10-17-18)9-15-13(14(19)20-2)11-7-5-4-6-8-11/h4-8,10,13,15H,3,9H2,1-2H3. The molecule has 0 amide bonds. The minimum absolute atomic E-state index is 0.321. The number of aromatic nitrogens is 3. The van der Waals surface area contributed by atoms with Gasteiger partial charge in [-0.1, -0.05) is 30.3 Å². The Bertz CT molecular complexity index is 553. The molecule has 0 aliphatic carbocycles. The molecule has 0 bridgehead atoms. The zero-order valence-corrected chi connectivity index (χ0v) is 11.6. The van der Waals surface area contributed by atoms with Crippen LogP contribution in [0.15, 0.2) is 36.7 Å². The predicted molar refractivity (Wildman–Crippen MR) is 73.7 cm³/mol. The number of esters is 1. The first-order valence-corrected chi connectivity index (χ1v) is 6.49. The molecule has 1 N–H and O–H groups in total. The third-order valence-corrected chi connectivity index (χ3v) is 3.03. The molecule has 0 radical (unpaired) electrons. The summed E-state index contributed by atoms with van der Waals surface area (Å²) in [7, 11) is 1.38. The third-order valence-electron chi connectivity index (χ3n) is 3.03. The normalized spacial score (nSPS) is 12.1. The van der Waals surface area contributed by atoms with Crippen molar-refractivity contribution >= 4 is 5.97 Å². The van der Waals surface area contributed by atoms with Gasteiger partial charge in [-0.05, 0) is 12.5 Å². The van der Waals surface area contributed by atoms with Crippen molar-refractivity contribution in [3.8, 4) is 0 Å². The van der Waals surface area contributed by atoms with E-state index in [1.807, 2.05) is 37.3 Å².